The van der Waals surface area contributed by atoms with E-state index in [4.69, 9.17) is 0 Å². The monoisotopic (exact) mass is 337 g/mol. The fourth-order valence-corrected chi connectivity index (χ4v) is 2.62. The molecular formula is C18H15N3O4. The fourth-order valence-electron chi connectivity index (χ4n) is 2.62. The van der Waals surface area contributed by atoms with Gasteiger partial charge in [-0.1, -0.05) is 12.1 Å². The molecule has 0 atom stereocenters. The van der Waals surface area contributed by atoms with Gasteiger partial charge in [0.15, 0.2) is 0 Å². The number of aromatic nitrogens is 1. The van der Waals surface area contributed by atoms with Gasteiger partial charge in [-0.3, -0.25) is 19.7 Å². The predicted molar refractivity (Wildman–Crippen MR) is 95.1 cm³/mol. The third-order valence-corrected chi connectivity index (χ3v) is 4.13. The fraction of sp³-hybridized carbons (Fsp3) is 0.111. The van der Waals surface area contributed by atoms with E-state index in [1.807, 2.05) is 26.0 Å². The van der Waals surface area contributed by atoms with E-state index in [0.717, 1.165) is 17.2 Å². The van der Waals surface area contributed by atoms with E-state index in [2.05, 4.69) is 10.3 Å². The first-order chi connectivity index (χ1) is 11.9. The lowest BCUT2D eigenvalue weighted by molar-refractivity contribution is -0.384. The highest BCUT2D eigenvalue weighted by Crippen LogP contribution is 2.24. The summed E-state index contributed by atoms with van der Waals surface area (Å²) in [7, 11) is 0. The van der Waals surface area contributed by atoms with Crippen molar-refractivity contribution in [2.45, 2.75) is 13.8 Å². The molecule has 0 saturated heterocycles. The molecule has 3 aromatic rings. The van der Waals surface area contributed by atoms with Crippen LogP contribution in [0.5, 0.6) is 0 Å². The highest BCUT2D eigenvalue weighted by molar-refractivity contribution is 6.12. The Hall–Kier alpha value is -3.48. The number of non-ortho nitro benzene ring substituents is 1. The molecule has 0 radical (unpaired) electrons. The summed E-state index contributed by atoms with van der Waals surface area (Å²) in [6.45, 7) is 3.81. The van der Waals surface area contributed by atoms with E-state index >= 15 is 0 Å². The Bertz CT molecular complexity index is 1070. The van der Waals surface area contributed by atoms with Gasteiger partial charge < -0.3 is 10.3 Å². The molecule has 1 heterocycles. The van der Waals surface area contributed by atoms with E-state index < -0.39 is 16.4 Å². The number of hydrogen-bond donors (Lipinski definition) is 2. The Kier molecular flexibility index (Phi) is 4.06. The van der Waals surface area contributed by atoms with Crippen molar-refractivity contribution in [2.24, 2.45) is 0 Å². The molecule has 2 aromatic carbocycles. The number of rotatable bonds is 3. The molecule has 0 aliphatic rings. The van der Waals surface area contributed by atoms with Crippen LogP contribution in [0.15, 0.2) is 47.3 Å². The normalized spacial score (nSPS) is 10.6. The van der Waals surface area contributed by atoms with Crippen LogP contribution in [-0.2, 0) is 0 Å². The zero-order chi connectivity index (χ0) is 18.1. The summed E-state index contributed by atoms with van der Waals surface area (Å²) in [5.74, 6) is -0.495. The number of pyridine rings is 1. The van der Waals surface area contributed by atoms with Crippen LogP contribution in [-0.4, -0.2) is 15.8 Å². The van der Waals surface area contributed by atoms with Gasteiger partial charge in [0.2, 0.25) is 5.56 Å². The molecule has 7 nitrogen and oxygen atoms in total. The number of benzene rings is 2. The van der Waals surface area contributed by atoms with Crippen molar-refractivity contribution in [1.82, 2.24) is 4.98 Å². The zero-order valence-corrected chi connectivity index (χ0v) is 13.6. The summed E-state index contributed by atoms with van der Waals surface area (Å²) in [4.78, 5) is 37.6. The Morgan fingerprint density at radius 3 is 2.64 bits per heavy atom. The topological polar surface area (TPSA) is 105 Å². The average Bonchev–Trinajstić information content (AvgIpc) is 2.57. The molecule has 0 aliphatic heterocycles. The van der Waals surface area contributed by atoms with Crippen molar-refractivity contribution in [3.05, 3.63) is 79.6 Å². The first-order valence-electron chi connectivity index (χ1n) is 7.56. The van der Waals surface area contributed by atoms with Crippen LogP contribution in [0.2, 0.25) is 0 Å². The standard InChI is InChI=1S/C18H15N3O4/c1-10-4-3-5-15(11(10)2)20-18(23)14-9-17(22)19-16-7-6-12(21(24)25)8-13(14)16/h3-9H,1-2H3,(H,19,22)(H,20,23). The number of amides is 1. The van der Waals surface area contributed by atoms with E-state index in [-0.39, 0.29) is 11.3 Å². The smallest absolute Gasteiger partial charge is 0.270 e. The molecule has 1 amide bonds. The van der Waals surface area contributed by atoms with E-state index in [1.54, 1.807) is 6.07 Å². The predicted octanol–water partition coefficient (Wildman–Crippen LogP) is 3.31. The Labute approximate surface area is 142 Å². The molecule has 2 N–H and O–H groups in total. The summed E-state index contributed by atoms with van der Waals surface area (Å²) in [5, 5.41) is 14.1. The number of nitrogens with one attached hydrogen (secondary N) is 2. The van der Waals surface area contributed by atoms with E-state index in [1.165, 1.54) is 18.2 Å². The SMILES string of the molecule is Cc1cccc(NC(=O)c2cc(=O)[nH]c3ccc([N+](=O)[O-])cc23)c1C. The minimum atomic E-state index is -0.545. The second-order valence-electron chi connectivity index (χ2n) is 5.74. The molecule has 0 spiro atoms. The number of carbonyl (C=O) groups is 1. The Balaban J connectivity index is 2.11. The average molecular weight is 337 g/mol. The second kappa shape index (κ2) is 6.20. The van der Waals surface area contributed by atoms with Crippen molar-refractivity contribution < 1.29 is 9.72 Å². The van der Waals surface area contributed by atoms with Crippen LogP contribution >= 0.6 is 0 Å². The maximum atomic E-state index is 12.7. The van der Waals surface area contributed by atoms with Gasteiger partial charge in [0.25, 0.3) is 11.6 Å². The molecule has 126 valence electrons. The van der Waals surface area contributed by atoms with Gasteiger partial charge in [0.1, 0.15) is 0 Å². The number of hydrogen-bond acceptors (Lipinski definition) is 4. The molecule has 0 aliphatic carbocycles. The number of anilines is 1. The van der Waals surface area contributed by atoms with Crippen molar-refractivity contribution in [3.63, 3.8) is 0 Å². The van der Waals surface area contributed by atoms with E-state index in [9.17, 15) is 19.7 Å². The quantitative estimate of drug-likeness (QED) is 0.565. The van der Waals surface area contributed by atoms with Crippen LogP contribution in [0.3, 0.4) is 0 Å². The maximum absolute atomic E-state index is 12.7. The van der Waals surface area contributed by atoms with Gasteiger partial charge in [0.05, 0.1) is 10.5 Å². The van der Waals surface area contributed by atoms with Gasteiger partial charge in [0, 0.05) is 34.8 Å². The van der Waals surface area contributed by atoms with Crippen molar-refractivity contribution >= 4 is 28.2 Å². The summed E-state index contributed by atoms with van der Waals surface area (Å²) in [6.07, 6.45) is 0. The number of aryl methyl sites for hydroxylation is 1. The van der Waals surface area contributed by atoms with Gasteiger partial charge in [-0.15, -0.1) is 0 Å². The number of fused-ring (bicyclic) bond motifs is 1. The summed E-state index contributed by atoms with van der Waals surface area (Å²) in [5.41, 5.74) is 2.41. The highest BCUT2D eigenvalue weighted by atomic mass is 16.6. The molecule has 3 rings (SSSR count). The van der Waals surface area contributed by atoms with E-state index in [0.29, 0.717) is 16.6 Å². The molecular weight excluding hydrogens is 322 g/mol. The molecule has 0 saturated carbocycles. The lowest BCUT2D eigenvalue weighted by atomic mass is 10.1. The van der Waals surface area contributed by atoms with Gasteiger partial charge in [-0.05, 0) is 37.1 Å². The van der Waals surface area contributed by atoms with Crippen LogP contribution in [0.25, 0.3) is 10.9 Å². The first kappa shape index (κ1) is 16.4. The lowest BCUT2D eigenvalue weighted by Crippen LogP contribution is -2.17. The third kappa shape index (κ3) is 3.12. The summed E-state index contributed by atoms with van der Waals surface area (Å²) in [6, 6.07) is 10.6. The number of H-pyrrole nitrogens is 1. The number of aromatic amines is 1. The van der Waals surface area contributed by atoms with Gasteiger partial charge >= 0.3 is 0 Å². The maximum Gasteiger partial charge on any atom is 0.270 e. The largest absolute Gasteiger partial charge is 0.322 e. The minimum absolute atomic E-state index is 0.0864. The summed E-state index contributed by atoms with van der Waals surface area (Å²) < 4.78 is 0. The number of carbonyl (C=O) groups excluding carboxylic acids is 1. The zero-order valence-electron chi connectivity index (χ0n) is 13.6. The molecule has 1 aromatic heterocycles. The highest BCUT2D eigenvalue weighted by Gasteiger charge is 2.16. The molecule has 0 fully saturated rings. The van der Waals surface area contributed by atoms with Crippen LogP contribution in [0, 0.1) is 24.0 Å². The Morgan fingerprint density at radius 2 is 1.92 bits per heavy atom. The molecule has 25 heavy (non-hydrogen) atoms. The van der Waals surface area contributed by atoms with Crippen LogP contribution < -0.4 is 10.9 Å². The van der Waals surface area contributed by atoms with Crippen molar-refractivity contribution in [1.29, 1.82) is 0 Å². The van der Waals surface area contributed by atoms with Crippen LogP contribution in [0.4, 0.5) is 11.4 Å². The van der Waals surface area contributed by atoms with Gasteiger partial charge in [-0.2, -0.15) is 0 Å². The molecule has 0 unspecified atom stereocenters. The second-order valence-corrected chi connectivity index (χ2v) is 5.74. The van der Waals surface area contributed by atoms with Gasteiger partial charge in [-0.25, -0.2) is 0 Å². The number of nitro benzene ring substituents is 1. The number of nitrogens with zero attached hydrogens (tertiary/aromatic N) is 1. The summed E-state index contributed by atoms with van der Waals surface area (Å²) >= 11 is 0. The lowest BCUT2D eigenvalue weighted by Gasteiger charge is -2.11. The molecule has 0 bridgehead atoms. The van der Waals surface area contributed by atoms with Crippen molar-refractivity contribution in [2.75, 3.05) is 5.32 Å². The van der Waals surface area contributed by atoms with Crippen molar-refractivity contribution in [3.8, 4) is 0 Å². The first-order valence-corrected chi connectivity index (χ1v) is 7.56. The van der Waals surface area contributed by atoms with Crippen LogP contribution in [0.1, 0.15) is 21.5 Å². The molecule has 7 heteroatoms. The third-order valence-electron chi connectivity index (χ3n) is 4.13. The Morgan fingerprint density at radius 1 is 1.16 bits per heavy atom. The minimum Gasteiger partial charge on any atom is -0.322 e. The number of nitro groups is 1.